The van der Waals surface area contributed by atoms with Crippen molar-refractivity contribution in [2.45, 2.75) is 6.04 Å². The van der Waals surface area contributed by atoms with E-state index in [4.69, 9.17) is 5.84 Å². The van der Waals surface area contributed by atoms with E-state index in [0.717, 1.165) is 17.7 Å². The highest BCUT2D eigenvalue weighted by atomic mass is 19.2. The summed E-state index contributed by atoms with van der Waals surface area (Å²) in [5, 5.41) is 0. The van der Waals surface area contributed by atoms with Crippen molar-refractivity contribution >= 4 is 11.0 Å². The van der Waals surface area contributed by atoms with E-state index in [1.807, 2.05) is 18.2 Å². The summed E-state index contributed by atoms with van der Waals surface area (Å²) in [6.07, 6.45) is 3.17. The van der Waals surface area contributed by atoms with Gasteiger partial charge in [-0.05, 0) is 23.8 Å². The number of nitrogens with zero attached hydrogens (tertiary/aromatic N) is 2. The largest absolute Gasteiger partial charge is 0.271 e. The minimum absolute atomic E-state index is 0.509. The number of aromatic nitrogens is 2. The van der Waals surface area contributed by atoms with Crippen molar-refractivity contribution in [2.75, 3.05) is 0 Å². The average Bonchev–Trinajstić information content (AvgIpc) is 2.52. The number of hydrogen-bond acceptors (Lipinski definition) is 4. The summed E-state index contributed by atoms with van der Waals surface area (Å²) in [6.45, 7) is 0. The fraction of sp³-hybridized carbons (Fsp3) is 0.0667. The van der Waals surface area contributed by atoms with Gasteiger partial charge in [0.25, 0.3) is 0 Å². The van der Waals surface area contributed by atoms with Gasteiger partial charge in [-0.1, -0.05) is 18.2 Å². The van der Waals surface area contributed by atoms with Crippen LogP contribution in [0.2, 0.25) is 0 Å². The van der Waals surface area contributed by atoms with Crippen LogP contribution in [0.25, 0.3) is 11.0 Å². The lowest BCUT2D eigenvalue weighted by Crippen LogP contribution is -2.29. The Balaban J connectivity index is 2.16. The zero-order valence-corrected chi connectivity index (χ0v) is 10.9. The van der Waals surface area contributed by atoms with Crippen LogP contribution in [0.4, 0.5) is 8.78 Å². The first kappa shape index (κ1) is 13.5. The Morgan fingerprint density at radius 2 is 1.81 bits per heavy atom. The fourth-order valence-electron chi connectivity index (χ4n) is 2.31. The zero-order valence-electron chi connectivity index (χ0n) is 10.9. The molecule has 0 radical (unpaired) electrons. The van der Waals surface area contributed by atoms with Crippen LogP contribution in [0.1, 0.15) is 17.2 Å². The first-order valence-electron chi connectivity index (χ1n) is 6.31. The maximum atomic E-state index is 13.4. The Morgan fingerprint density at radius 3 is 2.57 bits per heavy atom. The number of benzene rings is 2. The fourth-order valence-corrected chi connectivity index (χ4v) is 2.31. The molecule has 1 aromatic heterocycles. The maximum Gasteiger partial charge on any atom is 0.159 e. The van der Waals surface area contributed by atoms with Crippen molar-refractivity contribution in [3.8, 4) is 0 Å². The molecule has 0 aliphatic carbocycles. The second-order valence-electron chi connectivity index (χ2n) is 4.54. The molecule has 4 nitrogen and oxygen atoms in total. The highest BCUT2D eigenvalue weighted by molar-refractivity contribution is 5.78. The summed E-state index contributed by atoms with van der Waals surface area (Å²) >= 11 is 0. The predicted molar refractivity (Wildman–Crippen MR) is 75.1 cm³/mol. The molecule has 0 amide bonds. The van der Waals surface area contributed by atoms with Crippen molar-refractivity contribution in [1.82, 2.24) is 15.4 Å². The number of hydrazine groups is 1. The van der Waals surface area contributed by atoms with Crippen molar-refractivity contribution in [3.63, 3.8) is 0 Å². The number of hydrogen-bond donors (Lipinski definition) is 2. The molecule has 2 aromatic carbocycles. The van der Waals surface area contributed by atoms with Crippen molar-refractivity contribution < 1.29 is 8.78 Å². The lowest BCUT2D eigenvalue weighted by molar-refractivity contribution is 0.504. The van der Waals surface area contributed by atoms with Crippen LogP contribution in [0.15, 0.2) is 48.8 Å². The number of nitrogens with two attached hydrogens (primary N) is 1. The van der Waals surface area contributed by atoms with E-state index in [0.29, 0.717) is 16.6 Å². The molecule has 0 saturated heterocycles. The van der Waals surface area contributed by atoms with Gasteiger partial charge in [0.1, 0.15) is 0 Å². The molecule has 3 aromatic rings. The Bertz CT molecular complexity index is 786. The smallest absolute Gasteiger partial charge is 0.159 e. The third-order valence-electron chi connectivity index (χ3n) is 3.28. The van der Waals surface area contributed by atoms with Gasteiger partial charge >= 0.3 is 0 Å². The first-order chi connectivity index (χ1) is 10.2. The highest BCUT2D eigenvalue weighted by Gasteiger charge is 2.17. The third-order valence-corrected chi connectivity index (χ3v) is 3.28. The molecule has 0 saturated carbocycles. The van der Waals surface area contributed by atoms with E-state index in [-0.39, 0.29) is 0 Å². The minimum Gasteiger partial charge on any atom is -0.271 e. The van der Waals surface area contributed by atoms with Crippen LogP contribution in [0.3, 0.4) is 0 Å². The molecule has 0 fully saturated rings. The summed E-state index contributed by atoms with van der Waals surface area (Å²) in [6, 6.07) is 8.63. The SMILES string of the molecule is NNC(c1ccc(F)c(F)c1)c1cccc2nccnc12. The average molecular weight is 286 g/mol. The molecule has 21 heavy (non-hydrogen) atoms. The molecular formula is C15H12F2N4. The molecule has 0 aliphatic rings. The van der Waals surface area contributed by atoms with E-state index in [1.54, 1.807) is 12.4 Å². The van der Waals surface area contributed by atoms with Crippen molar-refractivity contribution in [1.29, 1.82) is 0 Å². The van der Waals surface area contributed by atoms with Gasteiger partial charge in [-0.15, -0.1) is 0 Å². The molecule has 1 unspecified atom stereocenters. The Labute approximate surface area is 119 Å². The lowest BCUT2D eigenvalue weighted by atomic mass is 9.97. The van der Waals surface area contributed by atoms with Crippen LogP contribution in [0.5, 0.6) is 0 Å². The summed E-state index contributed by atoms with van der Waals surface area (Å²) in [5.74, 6) is 3.79. The van der Waals surface area contributed by atoms with Gasteiger partial charge < -0.3 is 0 Å². The number of rotatable bonds is 3. The molecule has 1 heterocycles. The molecule has 6 heteroatoms. The monoisotopic (exact) mass is 286 g/mol. The van der Waals surface area contributed by atoms with Crippen LogP contribution < -0.4 is 11.3 Å². The summed E-state index contributed by atoms with van der Waals surface area (Å²) in [7, 11) is 0. The van der Waals surface area contributed by atoms with Gasteiger partial charge in [0.05, 0.1) is 17.1 Å². The molecule has 3 rings (SSSR count). The highest BCUT2D eigenvalue weighted by Crippen LogP contribution is 2.27. The van der Waals surface area contributed by atoms with Gasteiger partial charge in [0.15, 0.2) is 11.6 Å². The van der Waals surface area contributed by atoms with E-state index in [1.165, 1.54) is 6.07 Å². The van der Waals surface area contributed by atoms with Crippen molar-refractivity contribution in [2.24, 2.45) is 5.84 Å². The molecular weight excluding hydrogens is 274 g/mol. The number of para-hydroxylation sites is 1. The third kappa shape index (κ3) is 2.46. The normalized spacial score (nSPS) is 12.5. The topological polar surface area (TPSA) is 63.8 Å². The molecule has 0 bridgehead atoms. The minimum atomic E-state index is -0.918. The Hall–Kier alpha value is -2.44. The standard InChI is InChI=1S/C15H12F2N4/c16-11-5-4-9(8-12(11)17)14(21-18)10-2-1-3-13-15(10)20-7-6-19-13/h1-8,14,21H,18H2. The molecule has 0 spiro atoms. The quantitative estimate of drug-likeness (QED) is 0.573. The second kappa shape index (κ2) is 5.51. The number of halogens is 2. The Kier molecular flexibility index (Phi) is 3.55. The maximum absolute atomic E-state index is 13.4. The van der Waals surface area contributed by atoms with Crippen LogP contribution in [-0.4, -0.2) is 9.97 Å². The number of nitrogens with one attached hydrogen (secondary N) is 1. The van der Waals surface area contributed by atoms with Crippen LogP contribution in [0, 0.1) is 11.6 Å². The lowest BCUT2D eigenvalue weighted by Gasteiger charge is -2.18. The summed E-state index contributed by atoms with van der Waals surface area (Å²) in [5.41, 5.74) is 5.24. The van der Waals surface area contributed by atoms with E-state index < -0.39 is 17.7 Å². The van der Waals surface area contributed by atoms with E-state index >= 15 is 0 Å². The predicted octanol–water partition coefficient (Wildman–Crippen LogP) is 2.46. The van der Waals surface area contributed by atoms with Crippen molar-refractivity contribution in [3.05, 3.63) is 71.6 Å². The van der Waals surface area contributed by atoms with Gasteiger partial charge in [-0.3, -0.25) is 15.8 Å². The summed E-state index contributed by atoms with van der Waals surface area (Å²) in [4.78, 5) is 8.51. The summed E-state index contributed by atoms with van der Waals surface area (Å²) < 4.78 is 26.5. The van der Waals surface area contributed by atoms with Crippen LogP contribution >= 0.6 is 0 Å². The molecule has 3 N–H and O–H groups in total. The van der Waals surface area contributed by atoms with Crippen LogP contribution in [-0.2, 0) is 0 Å². The number of fused-ring (bicyclic) bond motifs is 1. The Morgan fingerprint density at radius 1 is 1.00 bits per heavy atom. The van der Waals surface area contributed by atoms with Gasteiger partial charge in [0, 0.05) is 18.0 Å². The van der Waals surface area contributed by atoms with Gasteiger partial charge in [-0.2, -0.15) is 0 Å². The molecule has 106 valence electrons. The van der Waals surface area contributed by atoms with E-state index in [2.05, 4.69) is 15.4 Å². The molecule has 0 aliphatic heterocycles. The van der Waals surface area contributed by atoms with E-state index in [9.17, 15) is 8.78 Å². The molecule has 1 atom stereocenters. The first-order valence-corrected chi connectivity index (χ1v) is 6.31. The zero-order chi connectivity index (χ0) is 14.8. The van der Waals surface area contributed by atoms with Gasteiger partial charge in [-0.25, -0.2) is 14.2 Å². The second-order valence-corrected chi connectivity index (χ2v) is 4.54. The van der Waals surface area contributed by atoms with Gasteiger partial charge in [0.2, 0.25) is 0 Å².